The molecule has 0 amide bonds. The van der Waals surface area contributed by atoms with E-state index < -0.39 is 0 Å². The molecule has 134 valence electrons. The Morgan fingerprint density at radius 3 is 2.73 bits per heavy atom. The Balaban J connectivity index is 1.58. The quantitative estimate of drug-likeness (QED) is 0.578. The molecule has 1 aliphatic rings. The molecule has 26 heavy (non-hydrogen) atoms. The molecule has 3 aromatic rings. The van der Waals surface area contributed by atoms with Gasteiger partial charge in [0, 0.05) is 10.2 Å². The fourth-order valence-corrected chi connectivity index (χ4v) is 4.27. The van der Waals surface area contributed by atoms with Crippen LogP contribution < -0.4 is 9.47 Å². The number of halogens is 1. The van der Waals surface area contributed by atoms with Gasteiger partial charge in [-0.1, -0.05) is 39.8 Å². The first-order valence-electron chi connectivity index (χ1n) is 8.19. The van der Waals surface area contributed by atoms with Crippen molar-refractivity contribution in [2.24, 2.45) is 0 Å². The summed E-state index contributed by atoms with van der Waals surface area (Å²) in [6.07, 6.45) is 0. The number of tetrazole rings is 1. The van der Waals surface area contributed by atoms with Crippen LogP contribution in [0.15, 0.2) is 40.0 Å². The zero-order chi connectivity index (χ0) is 18.1. The molecular formula is C18H17BrN4O2S. The minimum Gasteiger partial charge on any atom is -0.486 e. The summed E-state index contributed by atoms with van der Waals surface area (Å²) in [4.78, 5) is 0. The molecule has 1 aliphatic heterocycles. The van der Waals surface area contributed by atoms with Crippen molar-refractivity contribution in [3.8, 4) is 17.2 Å². The molecule has 0 radical (unpaired) electrons. The van der Waals surface area contributed by atoms with Gasteiger partial charge >= 0.3 is 0 Å². The lowest BCUT2D eigenvalue weighted by Gasteiger charge is -2.19. The van der Waals surface area contributed by atoms with E-state index in [1.54, 1.807) is 16.4 Å². The van der Waals surface area contributed by atoms with E-state index in [1.165, 1.54) is 11.1 Å². The number of thioether (sulfide) groups is 1. The van der Waals surface area contributed by atoms with E-state index in [4.69, 9.17) is 9.47 Å². The summed E-state index contributed by atoms with van der Waals surface area (Å²) in [7, 11) is 0. The summed E-state index contributed by atoms with van der Waals surface area (Å²) >= 11 is 5.20. The molecular weight excluding hydrogens is 416 g/mol. The number of aromatic nitrogens is 4. The summed E-state index contributed by atoms with van der Waals surface area (Å²) in [5.41, 5.74) is 4.49. The van der Waals surface area contributed by atoms with Crippen LogP contribution in [0.3, 0.4) is 0 Å². The molecule has 0 unspecified atom stereocenters. The molecule has 0 atom stereocenters. The number of hydrogen-bond donors (Lipinski definition) is 0. The molecule has 8 heteroatoms. The lowest BCUT2D eigenvalue weighted by Crippen LogP contribution is -2.15. The van der Waals surface area contributed by atoms with Crippen LogP contribution in [0.1, 0.15) is 16.7 Å². The van der Waals surface area contributed by atoms with E-state index >= 15 is 0 Å². The third kappa shape index (κ3) is 3.31. The molecule has 0 fully saturated rings. The molecule has 1 aromatic heterocycles. The summed E-state index contributed by atoms with van der Waals surface area (Å²) in [6.45, 7) is 5.32. The summed E-state index contributed by atoms with van der Waals surface area (Å²) in [6, 6.07) is 10.1. The largest absolute Gasteiger partial charge is 0.486 e. The second-order valence-electron chi connectivity index (χ2n) is 5.97. The molecule has 0 aliphatic carbocycles. The minimum absolute atomic E-state index is 0.575. The number of aryl methyl sites for hydroxylation is 1. The topological polar surface area (TPSA) is 62.1 Å². The van der Waals surface area contributed by atoms with E-state index in [-0.39, 0.29) is 0 Å². The number of benzene rings is 2. The highest BCUT2D eigenvalue weighted by Crippen LogP contribution is 2.37. The number of hydrogen-bond acceptors (Lipinski definition) is 6. The fraction of sp³-hybridized carbons (Fsp3) is 0.278. The Hall–Kier alpha value is -2.06. The van der Waals surface area contributed by atoms with Gasteiger partial charge in [-0.3, -0.25) is 0 Å². The average molecular weight is 433 g/mol. The van der Waals surface area contributed by atoms with Crippen LogP contribution in [0.2, 0.25) is 0 Å². The molecule has 2 heterocycles. The molecule has 0 N–H and O–H groups in total. The first-order chi connectivity index (χ1) is 12.6. The zero-order valence-corrected chi connectivity index (χ0v) is 16.8. The average Bonchev–Trinajstić information content (AvgIpc) is 3.10. The Labute approximate surface area is 164 Å². The van der Waals surface area contributed by atoms with Crippen molar-refractivity contribution in [3.05, 3.63) is 51.5 Å². The van der Waals surface area contributed by atoms with Crippen LogP contribution in [0.25, 0.3) is 5.69 Å². The maximum absolute atomic E-state index is 5.68. The maximum Gasteiger partial charge on any atom is 0.214 e. The van der Waals surface area contributed by atoms with Gasteiger partial charge in [-0.2, -0.15) is 4.68 Å². The van der Waals surface area contributed by atoms with Crippen LogP contribution in [-0.4, -0.2) is 33.4 Å². The second-order valence-corrected chi connectivity index (χ2v) is 7.77. The monoisotopic (exact) mass is 432 g/mol. The zero-order valence-electron chi connectivity index (χ0n) is 14.4. The molecule has 0 saturated heterocycles. The van der Waals surface area contributed by atoms with Crippen molar-refractivity contribution in [2.75, 3.05) is 13.2 Å². The van der Waals surface area contributed by atoms with Gasteiger partial charge in [0.15, 0.2) is 11.5 Å². The van der Waals surface area contributed by atoms with Crippen molar-refractivity contribution < 1.29 is 9.47 Å². The van der Waals surface area contributed by atoms with E-state index in [0.29, 0.717) is 19.0 Å². The van der Waals surface area contributed by atoms with Crippen LogP contribution in [0.4, 0.5) is 0 Å². The van der Waals surface area contributed by atoms with Crippen LogP contribution in [0.5, 0.6) is 11.5 Å². The van der Waals surface area contributed by atoms with Crippen LogP contribution in [0, 0.1) is 13.8 Å². The smallest absolute Gasteiger partial charge is 0.214 e. The van der Waals surface area contributed by atoms with Crippen molar-refractivity contribution >= 4 is 27.7 Å². The number of rotatable bonds is 4. The van der Waals surface area contributed by atoms with Gasteiger partial charge in [-0.05, 0) is 59.2 Å². The molecule has 0 spiro atoms. The summed E-state index contributed by atoms with van der Waals surface area (Å²) < 4.78 is 14.1. The van der Waals surface area contributed by atoms with Gasteiger partial charge < -0.3 is 9.47 Å². The number of nitrogens with zero attached hydrogens (tertiary/aromatic N) is 4. The van der Waals surface area contributed by atoms with E-state index in [0.717, 1.165) is 32.4 Å². The lowest BCUT2D eigenvalue weighted by atomic mass is 10.1. The van der Waals surface area contributed by atoms with Crippen molar-refractivity contribution in [1.82, 2.24) is 20.2 Å². The van der Waals surface area contributed by atoms with Crippen LogP contribution >= 0.6 is 27.7 Å². The van der Waals surface area contributed by atoms with Crippen molar-refractivity contribution in [1.29, 1.82) is 0 Å². The maximum atomic E-state index is 5.68. The molecule has 0 bridgehead atoms. The van der Waals surface area contributed by atoms with Gasteiger partial charge in [-0.15, -0.1) is 5.10 Å². The second kappa shape index (κ2) is 7.28. The highest BCUT2D eigenvalue weighted by atomic mass is 79.9. The van der Waals surface area contributed by atoms with Crippen molar-refractivity contribution in [2.45, 2.75) is 24.8 Å². The Bertz CT molecular complexity index is 960. The SMILES string of the molecule is Cc1cccc(-n2nnnc2SCc2cc3c(cc2Br)OCCO3)c1C. The van der Waals surface area contributed by atoms with E-state index in [9.17, 15) is 0 Å². The third-order valence-corrected chi connectivity index (χ3v) is 6.02. The minimum atomic E-state index is 0.575. The van der Waals surface area contributed by atoms with Gasteiger partial charge in [-0.25, -0.2) is 0 Å². The van der Waals surface area contributed by atoms with Gasteiger partial charge in [0.05, 0.1) is 5.69 Å². The van der Waals surface area contributed by atoms with Crippen molar-refractivity contribution in [3.63, 3.8) is 0 Å². The predicted molar refractivity (Wildman–Crippen MR) is 103 cm³/mol. The lowest BCUT2D eigenvalue weighted by molar-refractivity contribution is 0.171. The number of fused-ring (bicyclic) bond motifs is 1. The molecule has 6 nitrogen and oxygen atoms in total. The van der Waals surface area contributed by atoms with E-state index in [1.807, 2.05) is 24.3 Å². The number of ether oxygens (including phenoxy) is 2. The Morgan fingerprint density at radius 2 is 1.92 bits per heavy atom. The third-order valence-electron chi connectivity index (χ3n) is 4.31. The summed E-state index contributed by atoms with van der Waals surface area (Å²) in [5, 5.41) is 13.0. The molecule has 4 rings (SSSR count). The predicted octanol–water partition coefficient (Wildman–Crippen LogP) is 4.11. The van der Waals surface area contributed by atoms with E-state index in [2.05, 4.69) is 51.4 Å². The Kier molecular flexibility index (Phi) is 4.86. The first kappa shape index (κ1) is 17.4. The molecule has 0 saturated carbocycles. The highest BCUT2D eigenvalue weighted by molar-refractivity contribution is 9.10. The first-order valence-corrected chi connectivity index (χ1v) is 9.97. The standard InChI is InChI=1S/C18H17BrN4O2S/c1-11-4-3-5-15(12(11)2)23-18(20-21-22-23)26-10-13-8-16-17(9-14(13)19)25-7-6-24-16/h3-5,8-9H,6-7,10H2,1-2H3. The normalized spacial score (nSPS) is 13.0. The van der Waals surface area contributed by atoms with Gasteiger partial charge in [0.2, 0.25) is 5.16 Å². The molecule has 2 aromatic carbocycles. The van der Waals surface area contributed by atoms with Crippen LogP contribution in [-0.2, 0) is 5.75 Å². The van der Waals surface area contributed by atoms with Gasteiger partial charge in [0.1, 0.15) is 13.2 Å². The Morgan fingerprint density at radius 1 is 1.15 bits per heavy atom. The fourth-order valence-electron chi connectivity index (χ4n) is 2.74. The summed E-state index contributed by atoms with van der Waals surface area (Å²) in [5.74, 6) is 2.27. The highest BCUT2D eigenvalue weighted by Gasteiger charge is 2.17. The van der Waals surface area contributed by atoms with Gasteiger partial charge in [0.25, 0.3) is 0 Å².